The van der Waals surface area contributed by atoms with Crippen LogP contribution in [0.2, 0.25) is 0 Å². The van der Waals surface area contributed by atoms with Gasteiger partial charge >= 0.3 is 0 Å². The molecule has 5 nitrogen and oxygen atoms in total. The molecule has 1 aliphatic heterocycles. The number of carbonyl (C=O) groups excluding carboxylic acids is 1. The minimum atomic E-state index is -0.504. The molecule has 2 heterocycles. The summed E-state index contributed by atoms with van der Waals surface area (Å²) in [4.78, 5) is 18.3. The molecule has 19 heavy (non-hydrogen) atoms. The smallest absolute Gasteiger partial charge is 0.242 e. The van der Waals surface area contributed by atoms with Gasteiger partial charge in [0.2, 0.25) is 5.91 Å². The monoisotopic (exact) mass is 282 g/mol. The lowest BCUT2D eigenvalue weighted by Crippen LogP contribution is -2.33. The SMILES string of the molecule is CC1CCN(Cc2csc(NC(=O)C(C)N)n2)CC1. The van der Waals surface area contributed by atoms with E-state index in [9.17, 15) is 4.79 Å². The van der Waals surface area contributed by atoms with Gasteiger partial charge in [0, 0.05) is 11.9 Å². The third-order valence-electron chi connectivity index (χ3n) is 3.46. The van der Waals surface area contributed by atoms with Crippen molar-refractivity contribution in [1.29, 1.82) is 0 Å². The van der Waals surface area contributed by atoms with Crippen molar-refractivity contribution in [1.82, 2.24) is 9.88 Å². The Labute approximate surface area is 118 Å². The lowest BCUT2D eigenvalue weighted by Gasteiger charge is -2.29. The number of carbonyl (C=O) groups is 1. The van der Waals surface area contributed by atoms with Crippen LogP contribution in [-0.4, -0.2) is 34.9 Å². The largest absolute Gasteiger partial charge is 0.320 e. The van der Waals surface area contributed by atoms with E-state index in [-0.39, 0.29) is 5.91 Å². The second-order valence-electron chi connectivity index (χ2n) is 5.38. The highest BCUT2D eigenvalue weighted by Crippen LogP contribution is 2.20. The first kappa shape index (κ1) is 14.4. The third kappa shape index (κ3) is 4.26. The van der Waals surface area contributed by atoms with Crippen LogP contribution >= 0.6 is 11.3 Å². The van der Waals surface area contributed by atoms with Crippen LogP contribution < -0.4 is 11.1 Å². The van der Waals surface area contributed by atoms with Gasteiger partial charge in [-0.2, -0.15) is 0 Å². The summed E-state index contributed by atoms with van der Waals surface area (Å²) in [5, 5.41) is 5.38. The number of piperidine rings is 1. The minimum absolute atomic E-state index is 0.187. The van der Waals surface area contributed by atoms with Crippen LogP contribution in [0.15, 0.2) is 5.38 Å². The lowest BCUT2D eigenvalue weighted by atomic mass is 9.99. The normalized spacial score (nSPS) is 19.3. The average Bonchev–Trinajstić information content (AvgIpc) is 2.79. The first-order chi connectivity index (χ1) is 9.04. The summed E-state index contributed by atoms with van der Waals surface area (Å²) < 4.78 is 0. The predicted molar refractivity (Wildman–Crippen MR) is 78.1 cm³/mol. The zero-order chi connectivity index (χ0) is 13.8. The van der Waals surface area contributed by atoms with E-state index in [0.29, 0.717) is 5.13 Å². The van der Waals surface area contributed by atoms with Crippen molar-refractivity contribution in [3.8, 4) is 0 Å². The van der Waals surface area contributed by atoms with Crippen LogP contribution in [0, 0.1) is 5.92 Å². The maximum Gasteiger partial charge on any atom is 0.242 e. The molecule has 1 atom stereocenters. The number of nitrogens with one attached hydrogen (secondary N) is 1. The summed E-state index contributed by atoms with van der Waals surface area (Å²) in [6, 6.07) is -0.504. The number of amides is 1. The van der Waals surface area contributed by atoms with E-state index < -0.39 is 6.04 Å². The Morgan fingerprint density at radius 3 is 2.95 bits per heavy atom. The van der Waals surface area contributed by atoms with E-state index in [2.05, 4.69) is 22.1 Å². The van der Waals surface area contributed by atoms with Gasteiger partial charge in [-0.1, -0.05) is 6.92 Å². The Bertz CT molecular complexity index is 424. The van der Waals surface area contributed by atoms with E-state index in [1.165, 1.54) is 24.2 Å². The lowest BCUT2D eigenvalue weighted by molar-refractivity contribution is -0.117. The number of likely N-dealkylation sites (tertiary alicyclic amines) is 1. The molecule has 0 radical (unpaired) electrons. The minimum Gasteiger partial charge on any atom is -0.320 e. The molecule has 1 aliphatic rings. The maximum atomic E-state index is 11.5. The van der Waals surface area contributed by atoms with E-state index >= 15 is 0 Å². The molecule has 1 saturated heterocycles. The second kappa shape index (κ2) is 6.45. The summed E-state index contributed by atoms with van der Waals surface area (Å²) in [6.45, 7) is 7.12. The second-order valence-corrected chi connectivity index (χ2v) is 6.24. The molecule has 0 aromatic carbocycles. The van der Waals surface area contributed by atoms with Crippen molar-refractivity contribution in [3.05, 3.63) is 11.1 Å². The number of nitrogens with zero attached hydrogens (tertiary/aromatic N) is 2. The Balaban J connectivity index is 1.85. The average molecular weight is 282 g/mol. The molecule has 1 fully saturated rings. The number of hydrogen-bond donors (Lipinski definition) is 2. The summed E-state index contributed by atoms with van der Waals surface area (Å²) in [7, 11) is 0. The number of anilines is 1. The molecule has 1 amide bonds. The molecule has 6 heteroatoms. The fourth-order valence-corrected chi connectivity index (χ4v) is 2.81. The number of aromatic nitrogens is 1. The van der Waals surface area contributed by atoms with Crippen LogP contribution in [0.3, 0.4) is 0 Å². The van der Waals surface area contributed by atoms with Crippen LogP contribution in [0.4, 0.5) is 5.13 Å². The van der Waals surface area contributed by atoms with Crippen molar-refractivity contribution in [2.45, 2.75) is 39.3 Å². The van der Waals surface area contributed by atoms with E-state index in [4.69, 9.17) is 5.73 Å². The van der Waals surface area contributed by atoms with Crippen LogP contribution in [0.5, 0.6) is 0 Å². The summed E-state index contributed by atoms with van der Waals surface area (Å²) in [6.07, 6.45) is 2.52. The van der Waals surface area contributed by atoms with Gasteiger partial charge in [-0.3, -0.25) is 9.69 Å². The van der Waals surface area contributed by atoms with Gasteiger partial charge in [-0.25, -0.2) is 4.98 Å². The van der Waals surface area contributed by atoms with Crippen molar-refractivity contribution >= 4 is 22.4 Å². The Hall–Kier alpha value is -0.980. The van der Waals surface area contributed by atoms with E-state index in [0.717, 1.165) is 31.2 Å². The van der Waals surface area contributed by atoms with Crippen molar-refractivity contribution in [2.24, 2.45) is 11.7 Å². The Morgan fingerprint density at radius 2 is 2.32 bits per heavy atom. The predicted octanol–water partition coefficient (Wildman–Crippen LogP) is 1.66. The first-order valence-corrected chi connectivity index (χ1v) is 7.65. The summed E-state index contributed by atoms with van der Waals surface area (Å²) in [5.41, 5.74) is 6.54. The van der Waals surface area contributed by atoms with Crippen molar-refractivity contribution in [3.63, 3.8) is 0 Å². The highest BCUT2D eigenvalue weighted by molar-refractivity contribution is 7.13. The zero-order valence-electron chi connectivity index (χ0n) is 11.6. The highest BCUT2D eigenvalue weighted by atomic mass is 32.1. The quantitative estimate of drug-likeness (QED) is 0.881. The Morgan fingerprint density at radius 1 is 1.63 bits per heavy atom. The van der Waals surface area contributed by atoms with Gasteiger partial charge in [0.25, 0.3) is 0 Å². The van der Waals surface area contributed by atoms with Gasteiger partial charge in [0.1, 0.15) is 0 Å². The van der Waals surface area contributed by atoms with Gasteiger partial charge in [-0.15, -0.1) is 11.3 Å². The van der Waals surface area contributed by atoms with E-state index in [1.54, 1.807) is 6.92 Å². The molecule has 2 rings (SSSR count). The molecule has 0 aliphatic carbocycles. The molecule has 0 spiro atoms. The van der Waals surface area contributed by atoms with Gasteiger partial charge < -0.3 is 11.1 Å². The van der Waals surface area contributed by atoms with Crippen molar-refractivity contribution in [2.75, 3.05) is 18.4 Å². The first-order valence-electron chi connectivity index (χ1n) is 6.78. The number of thiazole rings is 1. The molecule has 1 unspecified atom stereocenters. The number of nitrogens with two attached hydrogens (primary N) is 1. The van der Waals surface area contributed by atoms with Gasteiger partial charge in [0.05, 0.1) is 11.7 Å². The topological polar surface area (TPSA) is 71.2 Å². The molecular formula is C13H22N4OS. The van der Waals surface area contributed by atoms with Crippen LogP contribution in [-0.2, 0) is 11.3 Å². The molecular weight excluding hydrogens is 260 g/mol. The molecule has 106 valence electrons. The molecule has 0 saturated carbocycles. The molecule has 1 aromatic rings. The zero-order valence-corrected chi connectivity index (χ0v) is 12.4. The fraction of sp³-hybridized carbons (Fsp3) is 0.692. The van der Waals surface area contributed by atoms with Gasteiger partial charge in [0.15, 0.2) is 5.13 Å². The number of rotatable bonds is 4. The summed E-state index contributed by atoms with van der Waals surface area (Å²) >= 11 is 1.46. The highest BCUT2D eigenvalue weighted by Gasteiger charge is 2.17. The van der Waals surface area contributed by atoms with Crippen LogP contribution in [0.25, 0.3) is 0 Å². The molecule has 0 bridgehead atoms. The number of hydrogen-bond acceptors (Lipinski definition) is 5. The summed E-state index contributed by atoms with van der Waals surface area (Å²) in [5.74, 6) is 0.653. The Kier molecular flexibility index (Phi) is 4.90. The van der Waals surface area contributed by atoms with E-state index in [1.807, 2.05) is 5.38 Å². The van der Waals surface area contributed by atoms with Crippen LogP contribution in [0.1, 0.15) is 32.4 Å². The molecule has 3 N–H and O–H groups in total. The third-order valence-corrected chi connectivity index (χ3v) is 4.26. The molecule has 1 aromatic heterocycles. The standard InChI is InChI=1S/C13H22N4OS/c1-9-3-5-17(6-4-9)7-11-8-19-13(15-11)16-12(18)10(2)14/h8-10H,3-7,14H2,1-2H3,(H,15,16,18). The fourth-order valence-electron chi connectivity index (χ4n) is 2.11. The van der Waals surface area contributed by atoms with Gasteiger partial charge in [-0.05, 0) is 38.8 Å². The van der Waals surface area contributed by atoms with Crippen molar-refractivity contribution < 1.29 is 4.79 Å². The maximum absolute atomic E-state index is 11.5.